The predicted molar refractivity (Wildman–Crippen MR) is 96.4 cm³/mol. The molecule has 0 bridgehead atoms. The number of hydrogen-bond donors (Lipinski definition) is 0. The summed E-state index contributed by atoms with van der Waals surface area (Å²) in [6.07, 6.45) is 3.06. The SMILES string of the molecule is CCCC(CC)c1ccc(C(=O)OCCOc2c(F)c(F)c(F)c(F)c2F)cc1. The minimum atomic E-state index is -2.27. The molecule has 0 aliphatic heterocycles. The van der Waals surface area contributed by atoms with E-state index in [0.29, 0.717) is 5.92 Å². The Morgan fingerprint density at radius 2 is 1.41 bits per heavy atom. The van der Waals surface area contributed by atoms with Crippen molar-refractivity contribution < 1.29 is 36.2 Å². The number of benzene rings is 2. The van der Waals surface area contributed by atoms with Gasteiger partial charge in [0.25, 0.3) is 0 Å². The predicted octanol–water partition coefficient (Wildman–Crippen LogP) is 5.91. The molecule has 29 heavy (non-hydrogen) atoms. The molecule has 0 aromatic heterocycles. The standard InChI is InChI=1S/C21H21F5O3/c1-3-5-12(4-2)13-6-8-14(9-7-13)21(27)29-11-10-28-20-18(25)16(23)15(22)17(24)19(20)26/h6-9,12H,3-5,10-11H2,1-2H3. The number of rotatable bonds is 9. The molecule has 0 radical (unpaired) electrons. The first-order chi connectivity index (χ1) is 13.8. The Morgan fingerprint density at radius 3 is 1.93 bits per heavy atom. The van der Waals surface area contributed by atoms with Crippen LogP contribution in [0.2, 0.25) is 0 Å². The van der Waals surface area contributed by atoms with Crippen LogP contribution >= 0.6 is 0 Å². The average Bonchev–Trinajstić information content (AvgIpc) is 2.74. The minimum Gasteiger partial charge on any atom is -0.484 e. The van der Waals surface area contributed by atoms with E-state index in [1.165, 1.54) is 0 Å². The van der Waals surface area contributed by atoms with E-state index in [-0.39, 0.29) is 5.56 Å². The maximum absolute atomic E-state index is 13.5. The van der Waals surface area contributed by atoms with E-state index in [0.717, 1.165) is 24.8 Å². The van der Waals surface area contributed by atoms with E-state index in [1.807, 2.05) is 12.1 Å². The molecule has 0 heterocycles. The maximum atomic E-state index is 13.5. The lowest BCUT2D eigenvalue weighted by Gasteiger charge is -2.14. The minimum absolute atomic E-state index is 0.274. The number of hydrogen-bond acceptors (Lipinski definition) is 3. The van der Waals surface area contributed by atoms with Crippen LogP contribution in [-0.4, -0.2) is 19.2 Å². The molecule has 2 aromatic carbocycles. The van der Waals surface area contributed by atoms with Crippen LogP contribution in [0.1, 0.15) is 54.9 Å². The monoisotopic (exact) mass is 416 g/mol. The molecule has 0 saturated carbocycles. The molecular formula is C21H21F5O3. The number of carbonyl (C=O) groups excluding carboxylic acids is 1. The number of carbonyl (C=O) groups is 1. The van der Waals surface area contributed by atoms with Crippen LogP contribution < -0.4 is 4.74 Å². The van der Waals surface area contributed by atoms with Crippen LogP contribution in [-0.2, 0) is 4.74 Å². The van der Waals surface area contributed by atoms with Gasteiger partial charge in [-0.2, -0.15) is 8.78 Å². The highest BCUT2D eigenvalue weighted by Gasteiger charge is 2.27. The summed E-state index contributed by atoms with van der Waals surface area (Å²) < 4.78 is 75.6. The molecule has 0 aliphatic rings. The van der Waals surface area contributed by atoms with Gasteiger partial charge in [0.15, 0.2) is 5.75 Å². The lowest BCUT2D eigenvalue weighted by molar-refractivity contribution is 0.0444. The smallest absolute Gasteiger partial charge is 0.338 e. The van der Waals surface area contributed by atoms with Crippen molar-refractivity contribution in [2.24, 2.45) is 0 Å². The lowest BCUT2D eigenvalue weighted by atomic mass is 9.91. The fraction of sp³-hybridized carbons (Fsp3) is 0.381. The first-order valence-electron chi connectivity index (χ1n) is 9.23. The van der Waals surface area contributed by atoms with Gasteiger partial charge in [-0.05, 0) is 36.5 Å². The summed E-state index contributed by atoms with van der Waals surface area (Å²) >= 11 is 0. The second-order valence-electron chi connectivity index (χ2n) is 6.40. The van der Waals surface area contributed by atoms with Gasteiger partial charge in [-0.1, -0.05) is 32.4 Å². The van der Waals surface area contributed by atoms with E-state index < -0.39 is 54.0 Å². The van der Waals surface area contributed by atoms with Gasteiger partial charge in [-0.25, -0.2) is 18.0 Å². The third kappa shape index (κ3) is 5.25. The molecule has 158 valence electrons. The van der Waals surface area contributed by atoms with Crippen LogP contribution in [0.4, 0.5) is 22.0 Å². The van der Waals surface area contributed by atoms with Crippen LogP contribution in [0.25, 0.3) is 0 Å². The van der Waals surface area contributed by atoms with E-state index >= 15 is 0 Å². The largest absolute Gasteiger partial charge is 0.484 e. The van der Waals surface area contributed by atoms with Gasteiger partial charge in [0.2, 0.25) is 29.1 Å². The fourth-order valence-corrected chi connectivity index (χ4v) is 2.92. The molecule has 1 unspecified atom stereocenters. The molecule has 3 nitrogen and oxygen atoms in total. The third-order valence-corrected chi connectivity index (χ3v) is 4.48. The fourth-order valence-electron chi connectivity index (χ4n) is 2.92. The summed E-state index contributed by atoms with van der Waals surface area (Å²) in [6, 6.07) is 6.90. The molecule has 0 spiro atoms. The quantitative estimate of drug-likeness (QED) is 0.168. The summed E-state index contributed by atoms with van der Waals surface area (Å²) in [7, 11) is 0. The Morgan fingerprint density at radius 1 is 0.862 bits per heavy atom. The second kappa shape index (κ2) is 10.2. The van der Waals surface area contributed by atoms with Crippen molar-refractivity contribution in [3.63, 3.8) is 0 Å². The summed E-state index contributed by atoms with van der Waals surface area (Å²) in [5.74, 6) is -12.4. The first-order valence-corrected chi connectivity index (χ1v) is 9.23. The normalized spacial score (nSPS) is 12.0. The van der Waals surface area contributed by atoms with Crippen LogP contribution in [0.5, 0.6) is 5.75 Å². The molecule has 0 aliphatic carbocycles. The number of ether oxygens (including phenoxy) is 2. The van der Waals surface area contributed by atoms with E-state index in [4.69, 9.17) is 4.74 Å². The van der Waals surface area contributed by atoms with Gasteiger partial charge in [0.1, 0.15) is 13.2 Å². The van der Waals surface area contributed by atoms with Crippen molar-refractivity contribution in [2.45, 2.75) is 39.0 Å². The molecule has 1 atom stereocenters. The van der Waals surface area contributed by atoms with Crippen LogP contribution in [0.15, 0.2) is 24.3 Å². The zero-order valence-corrected chi connectivity index (χ0v) is 16.0. The summed E-state index contributed by atoms with van der Waals surface area (Å²) in [5.41, 5.74) is 1.39. The molecule has 2 aromatic rings. The van der Waals surface area contributed by atoms with Gasteiger partial charge < -0.3 is 9.47 Å². The molecule has 0 fully saturated rings. The van der Waals surface area contributed by atoms with E-state index in [1.54, 1.807) is 12.1 Å². The van der Waals surface area contributed by atoms with Gasteiger partial charge in [0, 0.05) is 0 Å². The van der Waals surface area contributed by atoms with Gasteiger partial charge in [-0.3, -0.25) is 0 Å². The van der Waals surface area contributed by atoms with Crippen molar-refractivity contribution in [2.75, 3.05) is 13.2 Å². The van der Waals surface area contributed by atoms with E-state index in [9.17, 15) is 26.7 Å². The number of halogens is 5. The highest BCUT2D eigenvalue weighted by atomic mass is 19.2. The molecule has 2 rings (SSSR count). The van der Waals surface area contributed by atoms with Crippen molar-refractivity contribution in [1.29, 1.82) is 0 Å². The second-order valence-corrected chi connectivity index (χ2v) is 6.40. The van der Waals surface area contributed by atoms with Crippen molar-refractivity contribution >= 4 is 5.97 Å². The number of esters is 1. The zero-order chi connectivity index (χ0) is 21.6. The van der Waals surface area contributed by atoms with Crippen molar-refractivity contribution in [3.8, 4) is 5.75 Å². The van der Waals surface area contributed by atoms with Crippen molar-refractivity contribution in [1.82, 2.24) is 0 Å². The highest BCUT2D eigenvalue weighted by molar-refractivity contribution is 5.89. The maximum Gasteiger partial charge on any atom is 0.338 e. The van der Waals surface area contributed by atoms with Crippen LogP contribution in [0.3, 0.4) is 0 Å². The Hall–Kier alpha value is -2.64. The zero-order valence-electron chi connectivity index (χ0n) is 16.0. The Labute approximate surface area is 165 Å². The average molecular weight is 416 g/mol. The van der Waals surface area contributed by atoms with Crippen molar-refractivity contribution in [3.05, 3.63) is 64.5 Å². The Bertz CT molecular complexity index is 823. The topological polar surface area (TPSA) is 35.5 Å². The van der Waals surface area contributed by atoms with Gasteiger partial charge in [-0.15, -0.1) is 0 Å². The van der Waals surface area contributed by atoms with E-state index in [2.05, 4.69) is 18.6 Å². The molecule has 0 N–H and O–H groups in total. The summed E-state index contributed by atoms with van der Waals surface area (Å²) in [5, 5.41) is 0. The summed E-state index contributed by atoms with van der Waals surface area (Å²) in [4.78, 5) is 12.0. The first kappa shape index (κ1) is 22.6. The molecule has 0 saturated heterocycles. The van der Waals surface area contributed by atoms with Gasteiger partial charge >= 0.3 is 5.97 Å². The molecule has 0 amide bonds. The third-order valence-electron chi connectivity index (χ3n) is 4.48. The highest BCUT2D eigenvalue weighted by Crippen LogP contribution is 2.29. The van der Waals surface area contributed by atoms with Crippen LogP contribution in [0, 0.1) is 29.1 Å². The van der Waals surface area contributed by atoms with Gasteiger partial charge in [0.05, 0.1) is 5.56 Å². The molecular weight excluding hydrogens is 395 g/mol. The Balaban J connectivity index is 1.93. The molecule has 8 heteroatoms. The lowest BCUT2D eigenvalue weighted by Crippen LogP contribution is -2.15. The Kier molecular flexibility index (Phi) is 7.99. The summed E-state index contributed by atoms with van der Waals surface area (Å²) in [6.45, 7) is 3.17.